The van der Waals surface area contributed by atoms with Crippen molar-refractivity contribution >= 4 is 5.69 Å². The molecule has 0 atom stereocenters. The molecule has 1 fully saturated rings. The summed E-state index contributed by atoms with van der Waals surface area (Å²) in [6.45, 7) is 7.77. The van der Waals surface area contributed by atoms with Gasteiger partial charge < -0.3 is 14.4 Å². The summed E-state index contributed by atoms with van der Waals surface area (Å²) < 4.78 is 10.9. The Morgan fingerprint density at radius 3 is 2.05 bits per heavy atom. The summed E-state index contributed by atoms with van der Waals surface area (Å²) >= 11 is 0. The van der Waals surface area contributed by atoms with E-state index in [1.165, 1.54) is 27.9 Å². The number of hydrogen-bond donors (Lipinski definition) is 0. The Hall–Kier alpha value is -2.00. The van der Waals surface area contributed by atoms with Gasteiger partial charge in [0, 0.05) is 18.8 Å². The number of hydrogen-bond acceptors (Lipinski definition) is 3. The first-order valence-electron chi connectivity index (χ1n) is 7.77. The number of anilines is 1. The van der Waals surface area contributed by atoms with Crippen molar-refractivity contribution in [2.45, 2.75) is 13.8 Å². The van der Waals surface area contributed by atoms with Crippen molar-refractivity contribution in [3.63, 3.8) is 0 Å². The Labute approximate surface area is 132 Å². The first-order valence-corrected chi connectivity index (χ1v) is 7.77. The van der Waals surface area contributed by atoms with E-state index in [0.29, 0.717) is 0 Å². The zero-order valence-corrected chi connectivity index (χ0v) is 13.6. The van der Waals surface area contributed by atoms with Gasteiger partial charge in [0.05, 0.1) is 20.3 Å². The molecule has 22 heavy (non-hydrogen) atoms. The lowest BCUT2D eigenvalue weighted by atomic mass is 9.99. The average molecular weight is 297 g/mol. The fraction of sp³-hybridized carbons (Fsp3) is 0.368. The van der Waals surface area contributed by atoms with Gasteiger partial charge in [-0.3, -0.25) is 0 Å². The Bertz CT molecular complexity index is 620. The molecule has 1 saturated heterocycles. The van der Waals surface area contributed by atoms with Crippen LogP contribution in [0.15, 0.2) is 36.4 Å². The summed E-state index contributed by atoms with van der Waals surface area (Å²) in [5, 5.41) is 0. The molecule has 0 saturated carbocycles. The van der Waals surface area contributed by atoms with E-state index in [9.17, 15) is 0 Å². The van der Waals surface area contributed by atoms with Crippen molar-refractivity contribution in [3.05, 3.63) is 47.5 Å². The molecule has 116 valence electrons. The van der Waals surface area contributed by atoms with Crippen LogP contribution in [0, 0.1) is 13.8 Å². The molecule has 1 aliphatic rings. The number of ether oxygens (including phenoxy) is 2. The summed E-state index contributed by atoms with van der Waals surface area (Å²) in [5.74, 6) is 0.980. The largest absolute Gasteiger partial charge is 0.496 e. The van der Waals surface area contributed by atoms with Crippen molar-refractivity contribution in [3.8, 4) is 16.9 Å². The van der Waals surface area contributed by atoms with Crippen LogP contribution in [0.3, 0.4) is 0 Å². The SMILES string of the molecule is COc1c(C)cc(-c2ccc(N3CCOCC3)cc2)cc1C. The lowest BCUT2D eigenvalue weighted by molar-refractivity contribution is 0.122. The zero-order valence-electron chi connectivity index (χ0n) is 13.6. The standard InChI is InChI=1S/C19H23NO2/c1-14-12-17(13-15(2)19(14)21-3)16-4-6-18(7-5-16)20-8-10-22-11-9-20/h4-7,12-13H,8-11H2,1-3H3. The first kappa shape index (κ1) is 14.9. The molecule has 2 aromatic rings. The Kier molecular flexibility index (Phi) is 4.34. The minimum atomic E-state index is 0.818. The van der Waals surface area contributed by atoms with Crippen LogP contribution in [-0.2, 0) is 4.74 Å². The van der Waals surface area contributed by atoms with E-state index in [-0.39, 0.29) is 0 Å². The molecule has 0 N–H and O–H groups in total. The summed E-state index contributed by atoms with van der Waals surface area (Å²) in [6, 6.07) is 13.2. The van der Waals surface area contributed by atoms with Crippen molar-refractivity contribution in [1.29, 1.82) is 0 Å². The molecule has 3 heteroatoms. The van der Waals surface area contributed by atoms with Crippen molar-refractivity contribution in [1.82, 2.24) is 0 Å². The minimum Gasteiger partial charge on any atom is -0.496 e. The molecule has 0 amide bonds. The average Bonchev–Trinajstić information content (AvgIpc) is 2.55. The van der Waals surface area contributed by atoms with Gasteiger partial charge in [0.1, 0.15) is 5.75 Å². The van der Waals surface area contributed by atoms with Crippen LogP contribution in [-0.4, -0.2) is 33.4 Å². The molecule has 0 unspecified atom stereocenters. The molecule has 0 aliphatic carbocycles. The van der Waals surface area contributed by atoms with Crippen LogP contribution in [0.4, 0.5) is 5.69 Å². The third-order valence-corrected chi connectivity index (χ3v) is 4.24. The lowest BCUT2D eigenvalue weighted by Gasteiger charge is -2.29. The van der Waals surface area contributed by atoms with Gasteiger partial charge in [-0.25, -0.2) is 0 Å². The smallest absolute Gasteiger partial charge is 0.124 e. The number of nitrogens with zero attached hydrogens (tertiary/aromatic N) is 1. The Morgan fingerprint density at radius 2 is 1.50 bits per heavy atom. The molecule has 2 aromatic carbocycles. The minimum absolute atomic E-state index is 0.818. The molecule has 0 bridgehead atoms. The predicted octanol–water partition coefficient (Wildman–Crippen LogP) is 3.82. The summed E-state index contributed by atoms with van der Waals surface area (Å²) in [4.78, 5) is 2.37. The fourth-order valence-electron chi connectivity index (χ4n) is 3.13. The summed E-state index contributed by atoms with van der Waals surface area (Å²) in [5.41, 5.74) is 6.11. The Morgan fingerprint density at radius 1 is 0.909 bits per heavy atom. The normalized spacial score (nSPS) is 15.0. The van der Waals surface area contributed by atoms with Crippen molar-refractivity contribution in [2.75, 3.05) is 38.3 Å². The van der Waals surface area contributed by atoms with Crippen LogP contribution < -0.4 is 9.64 Å². The third-order valence-electron chi connectivity index (χ3n) is 4.24. The molecular weight excluding hydrogens is 274 g/mol. The highest BCUT2D eigenvalue weighted by atomic mass is 16.5. The zero-order chi connectivity index (χ0) is 15.5. The molecule has 0 radical (unpaired) electrons. The van der Waals surface area contributed by atoms with Crippen LogP contribution in [0.25, 0.3) is 11.1 Å². The predicted molar refractivity (Wildman–Crippen MR) is 90.9 cm³/mol. The van der Waals surface area contributed by atoms with Crippen LogP contribution in [0.2, 0.25) is 0 Å². The first-order chi connectivity index (χ1) is 10.7. The van der Waals surface area contributed by atoms with E-state index in [2.05, 4.69) is 55.1 Å². The van der Waals surface area contributed by atoms with E-state index in [4.69, 9.17) is 9.47 Å². The highest BCUT2D eigenvalue weighted by molar-refractivity contribution is 5.69. The van der Waals surface area contributed by atoms with Crippen LogP contribution in [0.5, 0.6) is 5.75 Å². The molecule has 1 heterocycles. The number of benzene rings is 2. The maximum absolute atomic E-state index is 5.45. The van der Waals surface area contributed by atoms with Crippen molar-refractivity contribution in [2.24, 2.45) is 0 Å². The van der Waals surface area contributed by atoms with E-state index in [1.807, 2.05) is 0 Å². The number of methoxy groups -OCH3 is 1. The maximum Gasteiger partial charge on any atom is 0.124 e. The highest BCUT2D eigenvalue weighted by Gasteiger charge is 2.11. The summed E-state index contributed by atoms with van der Waals surface area (Å²) in [6.07, 6.45) is 0. The van der Waals surface area contributed by atoms with Crippen LogP contribution in [0.1, 0.15) is 11.1 Å². The van der Waals surface area contributed by atoms with E-state index in [0.717, 1.165) is 32.1 Å². The second-order valence-corrected chi connectivity index (χ2v) is 5.79. The monoisotopic (exact) mass is 297 g/mol. The van der Waals surface area contributed by atoms with Crippen molar-refractivity contribution < 1.29 is 9.47 Å². The molecular formula is C19H23NO2. The highest BCUT2D eigenvalue weighted by Crippen LogP contribution is 2.31. The van der Waals surface area contributed by atoms with Crippen LogP contribution >= 0.6 is 0 Å². The topological polar surface area (TPSA) is 21.7 Å². The van der Waals surface area contributed by atoms with E-state index in [1.54, 1.807) is 7.11 Å². The number of aryl methyl sites for hydroxylation is 2. The van der Waals surface area contributed by atoms with Gasteiger partial charge in [0.2, 0.25) is 0 Å². The molecule has 0 aromatic heterocycles. The molecule has 3 nitrogen and oxygen atoms in total. The number of morpholine rings is 1. The fourth-order valence-corrected chi connectivity index (χ4v) is 3.13. The third kappa shape index (κ3) is 2.95. The van der Waals surface area contributed by atoms with Gasteiger partial charge in [0.15, 0.2) is 0 Å². The summed E-state index contributed by atoms with van der Waals surface area (Å²) in [7, 11) is 1.73. The molecule has 1 aliphatic heterocycles. The second kappa shape index (κ2) is 6.41. The van der Waals surface area contributed by atoms with Gasteiger partial charge in [-0.05, 0) is 60.4 Å². The van der Waals surface area contributed by atoms with Gasteiger partial charge >= 0.3 is 0 Å². The van der Waals surface area contributed by atoms with Gasteiger partial charge in [-0.15, -0.1) is 0 Å². The lowest BCUT2D eigenvalue weighted by Crippen LogP contribution is -2.36. The maximum atomic E-state index is 5.45. The molecule has 0 spiro atoms. The van der Waals surface area contributed by atoms with E-state index < -0.39 is 0 Å². The van der Waals surface area contributed by atoms with Gasteiger partial charge in [-0.2, -0.15) is 0 Å². The Balaban J connectivity index is 1.86. The van der Waals surface area contributed by atoms with Gasteiger partial charge in [-0.1, -0.05) is 12.1 Å². The van der Waals surface area contributed by atoms with E-state index >= 15 is 0 Å². The van der Waals surface area contributed by atoms with Gasteiger partial charge in [0.25, 0.3) is 0 Å². The quantitative estimate of drug-likeness (QED) is 0.860. The second-order valence-electron chi connectivity index (χ2n) is 5.79. The molecule has 3 rings (SSSR count). The number of rotatable bonds is 3.